The van der Waals surface area contributed by atoms with Crippen LogP contribution in [0.4, 0.5) is 4.79 Å². The third-order valence-electron chi connectivity index (χ3n) is 0.977. The summed E-state index contributed by atoms with van der Waals surface area (Å²) >= 11 is 0. The van der Waals surface area contributed by atoms with E-state index < -0.39 is 20.1 Å². The molecule has 2 N–H and O–H groups in total. The van der Waals surface area contributed by atoms with Gasteiger partial charge < -0.3 is 5.73 Å². The maximum Gasteiger partial charge on any atom is 0.340 e. The fourth-order valence-electron chi connectivity index (χ4n) is 0.441. The second-order valence-corrected chi connectivity index (χ2v) is 3.55. The number of nitrogens with zero attached hydrogens (tertiary/aromatic N) is 1. The van der Waals surface area contributed by atoms with Crippen molar-refractivity contribution >= 4 is 20.1 Å². The van der Waals surface area contributed by atoms with Gasteiger partial charge in [-0.15, -0.1) is 0 Å². The first kappa shape index (κ1) is 8.53. The molecule has 1 heterocycles. The molecule has 0 aromatic carbocycles. The average molecular weight is 192 g/mol. The minimum atomic E-state index is -4.20. The third-order valence-corrected chi connectivity index (χ3v) is 2.27. The Kier molecular flexibility index (Phi) is 2.00. The van der Waals surface area contributed by atoms with Crippen molar-refractivity contribution in [2.75, 3.05) is 0 Å². The molecule has 0 radical (unpaired) electrons. The van der Waals surface area contributed by atoms with Gasteiger partial charge in [0.25, 0.3) is 9.84 Å². The van der Waals surface area contributed by atoms with Crippen LogP contribution >= 0.6 is 0 Å². The molecule has 0 aromatic heterocycles. The van der Waals surface area contributed by atoms with E-state index in [0.29, 0.717) is 0 Å². The Labute approximate surface area is 67.3 Å². The van der Waals surface area contributed by atoms with E-state index in [4.69, 9.17) is 0 Å². The third kappa shape index (κ3) is 1.37. The number of primary amides is 1. The fourth-order valence-corrected chi connectivity index (χ4v) is 1.01. The van der Waals surface area contributed by atoms with Gasteiger partial charge in [0, 0.05) is 6.08 Å². The van der Waals surface area contributed by atoms with Gasteiger partial charge in [0.1, 0.15) is 6.26 Å². The highest BCUT2D eigenvalue weighted by Crippen LogP contribution is 2.03. The molecule has 0 saturated carbocycles. The van der Waals surface area contributed by atoms with Crippen molar-refractivity contribution in [2.45, 2.75) is 0 Å². The van der Waals surface area contributed by atoms with Crippen molar-refractivity contribution in [3.05, 3.63) is 12.3 Å². The Balaban J connectivity index is 3.05. The van der Waals surface area contributed by atoms with Gasteiger partial charge in [-0.05, 0) is 5.16 Å². The molecule has 12 heavy (non-hydrogen) atoms. The lowest BCUT2D eigenvalue weighted by Crippen LogP contribution is -2.28. The number of oxime groups is 1. The standard InChI is InChI=1S/C4H4N2O5S/c5-4(7)12(8,9)3-1-2-10-11-6-3/h1-2H,(H2,5,7). The minimum Gasteiger partial charge on any atom is -0.356 e. The summed E-state index contributed by atoms with van der Waals surface area (Å²) in [6, 6.07) is 0. The molecular formula is C4H4N2O5S. The molecule has 0 atom stereocenters. The van der Waals surface area contributed by atoms with E-state index in [9.17, 15) is 13.2 Å². The predicted octanol–water partition coefficient (Wildman–Crippen LogP) is -0.731. The summed E-state index contributed by atoms with van der Waals surface area (Å²) in [6.45, 7) is 0. The number of hydrogen-bond donors (Lipinski definition) is 1. The second kappa shape index (κ2) is 2.81. The summed E-state index contributed by atoms with van der Waals surface area (Å²) in [6.07, 6.45) is 1.87. The molecule has 0 unspecified atom stereocenters. The van der Waals surface area contributed by atoms with E-state index in [1.807, 2.05) is 0 Å². The highest BCUT2D eigenvalue weighted by Gasteiger charge is 2.26. The Morgan fingerprint density at radius 1 is 1.58 bits per heavy atom. The fraction of sp³-hybridized carbons (Fsp3) is 0. The number of sulfone groups is 1. The van der Waals surface area contributed by atoms with Crippen LogP contribution in [0.1, 0.15) is 0 Å². The smallest absolute Gasteiger partial charge is 0.340 e. The normalized spacial score (nSPS) is 15.8. The second-order valence-electron chi connectivity index (χ2n) is 1.73. The van der Waals surface area contributed by atoms with Gasteiger partial charge in [0.2, 0.25) is 5.04 Å². The molecule has 0 spiro atoms. The molecule has 1 amide bonds. The molecular weight excluding hydrogens is 188 g/mol. The highest BCUT2D eigenvalue weighted by atomic mass is 32.2. The van der Waals surface area contributed by atoms with E-state index in [1.54, 1.807) is 0 Å². The first-order valence-electron chi connectivity index (χ1n) is 2.66. The summed E-state index contributed by atoms with van der Waals surface area (Å²) in [4.78, 5) is 18.4. The number of nitrogens with two attached hydrogens (primary N) is 1. The van der Waals surface area contributed by atoms with Crippen LogP contribution in [0.25, 0.3) is 0 Å². The van der Waals surface area contributed by atoms with E-state index in [1.165, 1.54) is 0 Å². The average Bonchev–Trinajstić information content (AvgIpc) is 2.06. The van der Waals surface area contributed by atoms with Crippen molar-refractivity contribution < 1.29 is 23.1 Å². The minimum absolute atomic E-state index is 0.582. The van der Waals surface area contributed by atoms with Gasteiger partial charge in [0.15, 0.2) is 0 Å². The van der Waals surface area contributed by atoms with Gasteiger partial charge in [-0.3, -0.25) is 9.68 Å². The molecule has 0 saturated heterocycles. The Morgan fingerprint density at radius 2 is 2.25 bits per heavy atom. The largest absolute Gasteiger partial charge is 0.356 e. The van der Waals surface area contributed by atoms with Crippen molar-refractivity contribution in [3.8, 4) is 0 Å². The molecule has 66 valence electrons. The molecule has 7 nitrogen and oxygen atoms in total. The van der Waals surface area contributed by atoms with Gasteiger partial charge in [-0.2, -0.15) is 4.99 Å². The molecule has 1 aliphatic rings. The summed E-state index contributed by atoms with van der Waals surface area (Å²) in [5.41, 5.74) is 4.56. The van der Waals surface area contributed by atoms with Gasteiger partial charge in [-0.25, -0.2) is 8.42 Å². The van der Waals surface area contributed by atoms with E-state index >= 15 is 0 Å². The van der Waals surface area contributed by atoms with Crippen LogP contribution in [-0.2, 0) is 19.7 Å². The quantitative estimate of drug-likeness (QED) is 0.509. The van der Waals surface area contributed by atoms with Crippen LogP contribution in [0.15, 0.2) is 17.5 Å². The van der Waals surface area contributed by atoms with Gasteiger partial charge in [0.05, 0.1) is 0 Å². The zero-order valence-electron chi connectivity index (χ0n) is 5.63. The van der Waals surface area contributed by atoms with Gasteiger partial charge in [-0.1, -0.05) is 0 Å². The monoisotopic (exact) mass is 192 g/mol. The molecule has 1 aliphatic heterocycles. The molecule has 0 aromatic rings. The van der Waals surface area contributed by atoms with Crippen molar-refractivity contribution in [1.29, 1.82) is 0 Å². The van der Waals surface area contributed by atoms with E-state index in [0.717, 1.165) is 12.3 Å². The molecule has 8 heteroatoms. The first-order valence-corrected chi connectivity index (χ1v) is 4.15. The highest BCUT2D eigenvalue weighted by molar-refractivity contribution is 8.19. The van der Waals surface area contributed by atoms with Crippen molar-refractivity contribution in [3.63, 3.8) is 0 Å². The number of hydrogen-bond acceptors (Lipinski definition) is 6. The summed E-state index contributed by atoms with van der Waals surface area (Å²) in [7, 11) is -4.20. The Morgan fingerprint density at radius 3 is 2.67 bits per heavy atom. The summed E-state index contributed by atoms with van der Waals surface area (Å²) in [5.74, 6) is 0. The zero-order valence-corrected chi connectivity index (χ0v) is 6.45. The lowest BCUT2D eigenvalue weighted by molar-refractivity contribution is -0.251. The number of carbonyl (C=O) groups excluding carboxylic acids is 1. The number of carbonyl (C=O) groups is 1. The lowest BCUT2D eigenvalue weighted by atomic mass is 10.7. The molecule has 0 aliphatic carbocycles. The Hall–Kier alpha value is -1.57. The molecule has 1 rings (SSSR count). The zero-order chi connectivity index (χ0) is 9.19. The number of amides is 1. The van der Waals surface area contributed by atoms with Crippen LogP contribution in [0.3, 0.4) is 0 Å². The number of rotatable bonds is 0. The van der Waals surface area contributed by atoms with Crippen molar-refractivity contribution in [1.82, 2.24) is 0 Å². The maximum atomic E-state index is 10.9. The van der Waals surface area contributed by atoms with Crippen LogP contribution in [0.5, 0.6) is 0 Å². The van der Waals surface area contributed by atoms with Crippen LogP contribution in [-0.4, -0.2) is 18.7 Å². The SMILES string of the molecule is NC(=O)S(=O)(=O)C1=NOOC=C1. The molecule has 0 bridgehead atoms. The summed E-state index contributed by atoms with van der Waals surface area (Å²) < 4.78 is 21.8. The Bertz CT molecular complexity index is 354. The first-order chi connectivity index (χ1) is 5.55. The van der Waals surface area contributed by atoms with Crippen LogP contribution < -0.4 is 5.73 Å². The van der Waals surface area contributed by atoms with Crippen LogP contribution in [0, 0.1) is 0 Å². The topological polar surface area (TPSA) is 108 Å². The van der Waals surface area contributed by atoms with Crippen LogP contribution in [0.2, 0.25) is 0 Å². The van der Waals surface area contributed by atoms with Crippen molar-refractivity contribution in [2.24, 2.45) is 10.9 Å². The van der Waals surface area contributed by atoms with Gasteiger partial charge >= 0.3 is 5.24 Å². The molecule has 0 fully saturated rings. The van der Waals surface area contributed by atoms with E-state index in [2.05, 4.69) is 20.8 Å². The lowest BCUT2D eigenvalue weighted by Gasteiger charge is -2.02. The predicted molar refractivity (Wildman–Crippen MR) is 37.2 cm³/mol. The maximum absolute atomic E-state index is 10.9. The van der Waals surface area contributed by atoms with E-state index in [-0.39, 0.29) is 0 Å². The summed E-state index contributed by atoms with van der Waals surface area (Å²) in [5, 5.41) is 0.870.